The van der Waals surface area contributed by atoms with E-state index in [4.69, 9.17) is 0 Å². The quantitative estimate of drug-likeness (QED) is 0.812. The van der Waals surface area contributed by atoms with Gasteiger partial charge in [-0.1, -0.05) is 24.6 Å². The summed E-state index contributed by atoms with van der Waals surface area (Å²) in [6.07, 6.45) is 0.826. The van der Waals surface area contributed by atoms with Crippen molar-refractivity contribution in [3.8, 4) is 11.6 Å². The van der Waals surface area contributed by atoms with Gasteiger partial charge in [0.05, 0.1) is 11.4 Å². The molecule has 0 atom stereocenters. The van der Waals surface area contributed by atoms with Crippen LogP contribution in [0.1, 0.15) is 18.2 Å². The highest BCUT2D eigenvalue weighted by atomic mass is 16.3. The van der Waals surface area contributed by atoms with Crippen LogP contribution < -0.4 is 0 Å². The number of benzene rings is 1. The Labute approximate surface area is 89.0 Å². The van der Waals surface area contributed by atoms with Crippen LogP contribution in [-0.2, 0) is 6.42 Å². The second-order valence-corrected chi connectivity index (χ2v) is 3.59. The van der Waals surface area contributed by atoms with E-state index in [9.17, 15) is 5.11 Å². The molecule has 0 amide bonds. The molecule has 0 spiro atoms. The largest absolute Gasteiger partial charge is 0.493 e. The summed E-state index contributed by atoms with van der Waals surface area (Å²) in [6.45, 7) is 4.05. The monoisotopic (exact) mass is 202 g/mol. The first-order valence-corrected chi connectivity index (χ1v) is 5.05. The first kappa shape index (κ1) is 9.77. The van der Waals surface area contributed by atoms with E-state index < -0.39 is 0 Å². The topological polar surface area (TPSA) is 38.0 Å². The molecule has 1 aromatic heterocycles. The van der Waals surface area contributed by atoms with E-state index in [1.54, 1.807) is 10.7 Å². The van der Waals surface area contributed by atoms with Crippen LogP contribution in [0.15, 0.2) is 30.3 Å². The zero-order valence-electron chi connectivity index (χ0n) is 8.94. The molecule has 0 saturated carbocycles. The smallest absolute Gasteiger partial charge is 0.214 e. The highest BCUT2D eigenvalue weighted by molar-refractivity contribution is 5.37. The molecule has 3 heteroatoms. The molecule has 0 aliphatic carbocycles. The van der Waals surface area contributed by atoms with Gasteiger partial charge in [0, 0.05) is 6.07 Å². The molecule has 0 aliphatic heterocycles. The summed E-state index contributed by atoms with van der Waals surface area (Å²) in [6, 6.07) is 9.59. The molecule has 0 bridgehead atoms. The first-order chi connectivity index (χ1) is 7.20. The predicted octanol–water partition coefficient (Wildman–Crippen LogP) is 2.45. The molecule has 15 heavy (non-hydrogen) atoms. The normalized spacial score (nSPS) is 10.5. The highest BCUT2D eigenvalue weighted by Gasteiger charge is 2.06. The number of hydrogen-bond acceptors (Lipinski definition) is 2. The molecule has 0 aliphatic rings. The molecule has 1 heterocycles. The fraction of sp³-hybridized carbons (Fsp3) is 0.250. The third-order valence-corrected chi connectivity index (χ3v) is 2.38. The van der Waals surface area contributed by atoms with Crippen molar-refractivity contribution in [3.63, 3.8) is 0 Å². The molecule has 2 aromatic rings. The second kappa shape index (κ2) is 3.77. The number of rotatable bonds is 2. The summed E-state index contributed by atoms with van der Waals surface area (Å²) in [4.78, 5) is 0. The maximum absolute atomic E-state index is 9.69. The van der Waals surface area contributed by atoms with Gasteiger partial charge in [-0.05, 0) is 25.5 Å². The van der Waals surface area contributed by atoms with Crippen molar-refractivity contribution in [1.82, 2.24) is 9.78 Å². The Kier molecular flexibility index (Phi) is 2.46. The summed E-state index contributed by atoms with van der Waals surface area (Å²) in [7, 11) is 0. The van der Waals surface area contributed by atoms with Crippen molar-refractivity contribution in [1.29, 1.82) is 0 Å². The minimum Gasteiger partial charge on any atom is -0.493 e. The van der Waals surface area contributed by atoms with Gasteiger partial charge in [-0.15, -0.1) is 0 Å². The average molecular weight is 202 g/mol. The van der Waals surface area contributed by atoms with E-state index in [1.165, 1.54) is 5.56 Å². The number of aromatic hydroxyl groups is 1. The van der Waals surface area contributed by atoms with Gasteiger partial charge in [-0.25, -0.2) is 4.68 Å². The third kappa shape index (κ3) is 1.86. The lowest BCUT2D eigenvalue weighted by molar-refractivity contribution is 0.433. The van der Waals surface area contributed by atoms with E-state index in [0.717, 1.165) is 17.8 Å². The van der Waals surface area contributed by atoms with Gasteiger partial charge in [0.15, 0.2) is 0 Å². The summed E-state index contributed by atoms with van der Waals surface area (Å²) < 4.78 is 1.55. The van der Waals surface area contributed by atoms with Crippen LogP contribution in [0.3, 0.4) is 0 Å². The van der Waals surface area contributed by atoms with E-state index in [2.05, 4.69) is 5.10 Å². The predicted molar refractivity (Wildman–Crippen MR) is 59.3 cm³/mol. The van der Waals surface area contributed by atoms with Crippen molar-refractivity contribution < 1.29 is 5.11 Å². The van der Waals surface area contributed by atoms with Crippen LogP contribution in [0.4, 0.5) is 0 Å². The first-order valence-electron chi connectivity index (χ1n) is 5.05. The van der Waals surface area contributed by atoms with E-state index >= 15 is 0 Å². The maximum atomic E-state index is 9.69. The molecule has 0 unspecified atom stereocenters. The Hall–Kier alpha value is -1.77. The van der Waals surface area contributed by atoms with Crippen LogP contribution in [-0.4, -0.2) is 14.9 Å². The summed E-state index contributed by atoms with van der Waals surface area (Å²) >= 11 is 0. The number of aromatic nitrogens is 2. The number of aryl methyl sites for hydroxylation is 2. The van der Waals surface area contributed by atoms with Gasteiger partial charge in [0.2, 0.25) is 5.88 Å². The third-order valence-electron chi connectivity index (χ3n) is 2.38. The Morgan fingerprint density at radius 3 is 2.47 bits per heavy atom. The molecule has 1 aromatic carbocycles. The fourth-order valence-corrected chi connectivity index (χ4v) is 1.47. The van der Waals surface area contributed by atoms with Gasteiger partial charge in [0.1, 0.15) is 0 Å². The second-order valence-electron chi connectivity index (χ2n) is 3.59. The Morgan fingerprint density at radius 2 is 1.93 bits per heavy atom. The SMILES string of the molecule is CCc1cc(O)n(-c2ccc(C)cc2)n1. The summed E-state index contributed by atoms with van der Waals surface area (Å²) in [5.74, 6) is 0.190. The zero-order chi connectivity index (χ0) is 10.8. The minimum atomic E-state index is 0.190. The Morgan fingerprint density at radius 1 is 1.27 bits per heavy atom. The van der Waals surface area contributed by atoms with Gasteiger partial charge in [0.25, 0.3) is 0 Å². The van der Waals surface area contributed by atoms with Crippen molar-refractivity contribution in [2.24, 2.45) is 0 Å². The maximum Gasteiger partial charge on any atom is 0.214 e. The van der Waals surface area contributed by atoms with Crippen LogP contribution >= 0.6 is 0 Å². The van der Waals surface area contributed by atoms with Crippen molar-refractivity contribution in [2.45, 2.75) is 20.3 Å². The molecule has 2 rings (SSSR count). The summed E-state index contributed by atoms with van der Waals surface area (Å²) in [5, 5.41) is 14.0. The minimum absolute atomic E-state index is 0.190. The lowest BCUT2D eigenvalue weighted by atomic mass is 10.2. The van der Waals surface area contributed by atoms with Gasteiger partial charge in [-0.3, -0.25) is 0 Å². The van der Waals surface area contributed by atoms with Crippen molar-refractivity contribution >= 4 is 0 Å². The molecule has 0 radical (unpaired) electrons. The summed E-state index contributed by atoms with van der Waals surface area (Å²) in [5.41, 5.74) is 2.98. The number of nitrogens with zero attached hydrogens (tertiary/aromatic N) is 2. The number of hydrogen-bond donors (Lipinski definition) is 1. The standard InChI is InChI=1S/C12H14N2O/c1-3-10-8-12(15)14(13-10)11-6-4-9(2)5-7-11/h4-8,15H,3H2,1-2H3. The molecular weight excluding hydrogens is 188 g/mol. The molecule has 0 saturated heterocycles. The van der Waals surface area contributed by atoms with Gasteiger partial charge < -0.3 is 5.11 Å². The lowest BCUT2D eigenvalue weighted by Gasteiger charge is -2.02. The highest BCUT2D eigenvalue weighted by Crippen LogP contribution is 2.18. The van der Waals surface area contributed by atoms with Crippen molar-refractivity contribution in [2.75, 3.05) is 0 Å². The molecule has 0 fully saturated rings. The Bertz CT molecular complexity index is 457. The van der Waals surface area contributed by atoms with E-state index in [1.807, 2.05) is 38.1 Å². The van der Waals surface area contributed by atoms with Crippen LogP contribution in [0.25, 0.3) is 5.69 Å². The fourth-order valence-electron chi connectivity index (χ4n) is 1.47. The Balaban J connectivity index is 2.44. The molecular formula is C12H14N2O. The van der Waals surface area contributed by atoms with Gasteiger partial charge >= 0.3 is 0 Å². The molecule has 78 valence electrons. The van der Waals surface area contributed by atoms with Crippen molar-refractivity contribution in [3.05, 3.63) is 41.6 Å². The van der Waals surface area contributed by atoms with Crippen LogP contribution in [0.2, 0.25) is 0 Å². The average Bonchev–Trinajstić information content (AvgIpc) is 2.61. The van der Waals surface area contributed by atoms with Gasteiger partial charge in [-0.2, -0.15) is 5.10 Å². The van der Waals surface area contributed by atoms with E-state index in [-0.39, 0.29) is 5.88 Å². The molecule has 1 N–H and O–H groups in total. The molecule has 3 nitrogen and oxygen atoms in total. The zero-order valence-corrected chi connectivity index (χ0v) is 8.94. The lowest BCUT2D eigenvalue weighted by Crippen LogP contribution is -1.96. The van der Waals surface area contributed by atoms with E-state index in [0.29, 0.717) is 0 Å². The van der Waals surface area contributed by atoms with Crippen LogP contribution in [0, 0.1) is 6.92 Å². The van der Waals surface area contributed by atoms with Crippen LogP contribution in [0.5, 0.6) is 5.88 Å².